The first-order valence-corrected chi connectivity index (χ1v) is 7.17. The van der Waals surface area contributed by atoms with Crippen LogP contribution >= 0.6 is 11.8 Å². The molecular weight excluding hydrogens is 258 g/mol. The number of thioether (sulfide) groups is 1. The lowest BCUT2D eigenvalue weighted by atomic mass is 10.1. The van der Waals surface area contributed by atoms with Crippen LogP contribution in [0.4, 0.5) is 0 Å². The summed E-state index contributed by atoms with van der Waals surface area (Å²) in [6.45, 7) is 4.06. The fraction of sp³-hybridized carbons (Fsp3) is 0.462. The van der Waals surface area contributed by atoms with Crippen LogP contribution in [-0.2, 0) is 7.05 Å². The molecule has 0 aromatic carbocycles. The van der Waals surface area contributed by atoms with E-state index in [1.807, 2.05) is 38.8 Å². The van der Waals surface area contributed by atoms with Gasteiger partial charge in [-0.15, -0.1) is 0 Å². The molecule has 5 nitrogen and oxygen atoms in total. The summed E-state index contributed by atoms with van der Waals surface area (Å²) in [4.78, 5) is 8.67. The Morgan fingerprint density at radius 1 is 1.32 bits per heavy atom. The van der Waals surface area contributed by atoms with Crippen molar-refractivity contribution in [3.05, 3.63) is 35.9 Å². The number of nitrogens with zero attached hydrogens (tertiary/aromatic N) is 4. The second kappa shape index (κ2) is 6.16. The van der Waals surface area contributed by atoms with Gasteiger partial charge in [-0.05, 0) is 18.9 Å². The number of hydrogen-bond donors (Lipinski definition) is 1. The van der Waals surface area contributed by atoms with Gasteiger partial charge in [-0.1, -0.05) is 18.7 Å². The minimum Gasteiger partial charge on any atom is -0.326 e. The summed E-state index contributed by atoms with van der Waals surface area (Å²) in [6, 6.07) is 0.0547. The molecule has 2 N–H and O–H groups in total. The van der Waals surface area contributed by atoms with Crippen LogP contribution in [0.1, 0.15) is 29.7 Å². The third kappa shape index (κ3) is 3.54. The summed E-state index contributed by atoms with van der Waals surface area (Å²) >= 11 is 1.60. The zero-order valence-corrected chi connectivity index (χ0v) is 12.3. The summed E-state index contributed by atoms with van der Waals surface area (Å²) < 4.78 is 1.79. The highest BCUT2D eigenvalue weighted by Crippen LogP contribution is 2.35. The maximum atomic E-state index is 6.22. The number of aryl methyl sites for hydroxylation is 2. The van der Waals surface area contributed by atoms with Crippen molar-refractivity contribution in [2.24, 2.45) is 12.8 Å². The average molecular weight is 277 g/mol. The zero-order valence-electron chi connectivity index (χ0n) is 11.4. The van der Waals surface area contributed by atoms with E-state index in [9.17, 15) is 0 Å². The van der Waals surface area contributed by atoms with Crippen molar-refractivity contribution in [3.8, 4) is 0 Å². The molecule has 2 heterocycles. The van der Waals surface area contributed by atoms with Gasteiger partial charge in [0.25, 0.3) is 0 Å². The SMILES string of the molecule is CCC(N)C(Sc1ncc(C)cn1)c1cnn(C)c1. The van der Waals surface area contributed by atoms with Crippen LogP contribution in [0.15, 0.2) is 29.9 Å². The highest BCUT2D eigenvalue weighted by Gasteiger charge is 2.22. The van der Waals surface area contributed by atoms with Crippen LogP contribution < -0.4 is 5.73 Å². The Labute approximate surface area is 117 Å². The maximum absolute atomic E-state index is 6.22. The first-order chi connectivity index (χ1) is 9.10. The van der Waals surface area contributed by atoms with E-state index in [1.54, 1.807) is 16.4 Å². The molecule has 0 bridgehead atoms. The van der Waals surface area contributed by atoms with E-state index in [0.29, 0.717) is 0 Å². The molecule has 2 rings (SSSR count). The Hall–Kier alpha value is -1.40. The molecule has 0 spiro atoms. The minimum atomic E-state index is 0.0547. The predicted octanol–water partition coefficient (Wildman–Crippen LogP) is 2.09. The first kappa shape index (κ1) is 14.0. The van der Waals surface area contributed by atoms with Gasteiger partial charge in [0.1, 0.15) is 0 Å². The molecule has 0 aliphatic rings. The number of rotatable bonds is 5. The monoisotopic (exact) mass is 277 g/mol. The lowest BCUT2D eigenvalue weighted by Crippen LogP contribution is -2.25. The van der Waals surface area contributed by atoms with Crippen LogP contribution in [-0.4, -0.2) is 25.8 Å². The van der Waals surface area contributed by atoms with Crippen molar-refractivity contribution in [2.75, 3.05) is 0 Å². The molecule has 0 amide bonds. The standard InChI is InChI=1S/C13H19N5S/c1-4-11(14)12(10-7-17-18(3)8-10)19-13-15-5-9(2)6-16-13/h5-8,11-12H,4,14H2,1-3H3. The second-order valence-electron chi connectivity index (χ2n) is 4.60. The van der Waals surface area contributed by atoms with Crippen LogP contribution in [0.5, 0.6) is 0 Å². The van der Waals surface area contributed by atoms with Crippen LogP contribution in [0.2, 0.25) is 0 Å². The lowest BCUT2D eigenvalue weighted by Gasteiger charge is -2.20. The molecule has 102 valence electrons. The summed E-state index contributed by atoms with van der Waals surface area (Å²) in [6.07, 6.45) is 8.42. The summed E-state index contributed by atoms with van der Waals surface area (Å²) in [5.41, 5.74) is 8.40. The van der Waals surface area contributed by atoms with Crippen molar-refractivity contribution in [1.82, 2.24) is 19.7 Å². The number of nitrogens with two attached hydrogens (primary N) is 1. The second-order valence-corrected chi connectivity index (χ2v) is 5.71. The molecule has 0 aliphatic heterocycles. The van der Waals surface area contributed by atoms with Gasteiger partial charge in [0.15, 0.2) is 5.16 Å². The maximum Gasteiger partial charge on any atom is 0.188 e. The topological polar surface area (TPSA) is 69.6 Å². The molecule has 0 saturated carbocycles. The molecule has 0 radical (unpaired) electrons. The normalized spacial score (nSPS) is 14.3. The highest BCUT2D eigenvalue weighted by atomic mass is 32.2. The number of aromatic nitrogens is 4. The zero-order chi connectivity index (χ0) is 13.8. The summed E-state index contributed by atoms with van der Waals surface area (Å²) in [7, 11) is 1.91. The fourth-order valence-electron chi connectivity index (χ4n) is 1.76. The highest BCUT2D eigenvalue weighted by molar-refractivity contribution is 7.99. The van der Waals surface area contributed by atoms with Gasteiger partial charge < -0.3 is 5.73 Å². The molecule has 6 heteroatoms. The Morgan fingerprint density at radius 3 is 2.53 bits per heavy atom. The third-order valence-electron chi connectivity index (χ3n) is 2.90. The molecule has 0 aliphatic carbocycles. The molecule has 2 aromatic heterocycles. The fourth-order valence-corrected chi connectivity index (χ4v) is 2.84. The van der Waals surface area contributed by atoms with Gasteiger partial charge in [0, 0.05) is 37.2 Å². The lowest BCUT2D eigenvalue weighted by molar-refractivity contribution is 0.632. The summed E-state index contributed by atoms with van der Waals surface area (Å²) in [5.74, 6) is 0. The predicted molar refractivity (Wildman–Crippen MR) is 76.8 cm³/mol. The first-order valence-electron chi connectivity index (χ1n) is 6.29. The van der Waals surface area contributed by atoms with E-state index >= 15 is 0 Å². The van der Waals surface area contributed by atoms with Crippen LogP contribution in [0, 0.1) is 6.92 Å². The Balaban J connectivity index is 2.21. The summed E-state index contributed by atoms with van der Waals surface area (Å²) in [5, 5.41) is 5.10. The molecule has 19 heavy (non-hydrogen) atoms. The van der Waals surface area contributed by atoms with Crippen LogP contribution in [0.3, 0.4) is 0 Å². The Morgan fingerprint density at radius 2 is 2.00 bits per heavy atom. The van der Waals surface area contributed by atoms with Gasteiger partial charge in [-0.2, -0.15) is 5.10 Å². The molecular formula is C13H19N5S. The van der Waals surface area contributed by atoms with Gasteiger partial charge >= 0.3 is 0 Å². The molecule has 2 unspecified atom stereocenters. The molecule has 2 aromatic rings. The van der Waals surface area contributed by atoms with E-state index in [2.05, 4.69) is 22.0 Å². The van der Waals surface area contributed by atoms with E-state index in [1.165, 1.54) is 0 Å². The van der Waals surface area contributed by atoms with Gasteiger partial charge in [-0.3, -0.25) is 4.68 Å². The quantitative estimate of drug-likeness (QED) is 0.669. The van der Waals surface area contributed by atoms with Crippen molar-refractivity contribution in [2.45, 2.75) is 36.7 Å². The Kier molecular flexibility index (Phi) is 4.55. The van der Waals surface area contributed by atoms with Gasteiger partial charge in [0.05, 0.1) is 11.4 Å². The van der Waals surface area contributed by atoms with Crippen molar-refractivity contribution in [3.63, 3.8) is 0 Å². The smallest absolute Gasteiger partial charge is 0.188 e. The van der Waals surface area contributed by atoms with Crippen LogP contribution in [0.25, 0.3) is 0 Å². The third-order valence-corrected chi connectivity index (χ3v) is 4.20. The van der Waals surface area contributed by atoms with E-state index in [-0.39, 0.29) is 11.3 Å². The van der Waals surface area contributed by atoms with Crippen molar-refractivity contribution >= 4 is 11.8 Å². The minimum absolute atomic E-state index is 0.0547. The largest absolute Gasteiger partial charge is 0.326 e. The van der Waals surface area contributed by atoms with Gasteiger partial charge in [0.2, 0.25) is 0 Å². The molecule has 2 atom stereocenters. The van der Waals surface area contributed by atoms with E-state index < -0.39 is 0 Å². The molecule has 0 fully saturated rings. The van der Waals surface area contributed by atoms with E-state index in [4.69, 9.17) is 5.73 Å². The van der Waals surface area contributed by atoms with Crippen molar-refractivity contribution in [1.29, 1.82) is 0 Å². The average Bonchev–Trinajstić information content (AvgIpc) is 2.83. The van der Waals surface area contributed by atoms with Gasteiger partial charge in [-0.25, -0.2) is 9.97 Å². The Bertz CT molecular complexity index is 522. The molecule has 0 saturated heterocycles. The van der Waals surface area contributed by atoms with Crippen molar-refractivity contribution < 1.29 is 0 Å². The van der Waals surface area contributed by atoms with E-state index in [0.717, 1.165) is 22.7 Å². The number of hydrogen-bond acceptors (Lipinski definition) is 5.